The minimum absolute atomic E-state index is 0.0123. The maximum Gasteiger partial charge on any atom is 0.299 e. The largest absolute Gasteiger partial charge is 0.423 e. The van der Waals surface area contributed by atoms with Crippen LogP contribution in [0.2, 0.25) is 5.02 Å². The number of carbonyl (C=O) groups excluding carboxylic acids is 1. The molecule has 5 nitrogen and oxygen atoms in total. The lowest BCUT2D eigenvalue weighted by Crippen LogP contribution is -2.03. The number of rotatable bonds is 3. The van der Waals surface area contributed by atoms with Crippen LogP contribution in [0.3, 0.4) is 0 Å². The van der Waals surface area contributed by atoms with Crippen molar-refractivity contribution in [1.29, 1.82) is 0 Å². The van der Waals surface area contributed by atoms with Crippen LogP contribution in [-0.4, -0.2) is 10.9 Å². The fraction of sp³-hybridized carbons (Fsp3) is 0.0588. The van der Waals surface area contributed by atoms with Crippen LogP contribution < -0.4 is 10.6 Å². The average molecular weight is 326 g/mol. The van der Waals surface area contributed by atoms with Gasteiger partial charge in [-0.3, -0.25) is 4.79 Å². The highest BCUT2D eigenvalue weighted by Gasteiger charge is 2.17. The summed E-state index contributed by atoms with van der Waals surface area (Å²) in [6, 6.07) is 13.4. The number of anilines is 3. The number of hydrogen-bond donors (Lipinski definition) is 2. The highest BCUT2D eigenvalue weighted by Crippen LogP contribution is 2.29. The minimum Gasteiger partial charge on any atom is -0.423 e. The molecule has 2 aromatic carbocycles. The molecule has 23 heavy (non-hydrogen) atoms. The van der Waals surface area contributed by atoms with Crippen LogP contribution in [0.1, 0.15) is 5.56 Å². The molecule has 0 unspecified atom stereocenters. The van der Waals surface area contributed by atoms with Crippen LogP contribution in [0, 0.1) is 0 Å². The van der Waals surface area contributed by atoms with Gasteiger partial charge < -0.3 is 15.1 Å². The molecule has 0 saturated heterocycles. The van der Waals surface area contributed by atoms with Gasteiger partial charge in [-0.1, -0.05) is 11.6 Å². The molecule has 2 heterocycles. The van der Waals surface area contributed by atoms with Gasteiger partial charge in [-0.15, -0.1) is 0 Å². The van der Waals surface area contributed by atoms with Crippen LogP contribution in [-0.2, 0) is 11.2 Å². The van der Waals surface area contributed by atoms with Gasteiger partial charge in [0.05, 0.1) is 12.6 Å². The van der Waals surface area contributed by atoms with Crippen molar-refractivity contribution in [2.75, 3.05) is 10.6 Å². The fourth-order valence-electron chi connectivity index (χ4n) is 2.51. The number of amides is 1. The van der Waals surface area contributed by atoms with Crippen molar-refractivity contribution in [3.05, 3.63) is 59.2 Å². The first-order valence-corrected chi connectivity index (χ1v) is 7.47. The summed E-state index contributed by atoms with van der Waals surface area (Å²) in [5, 5.41) is 6.58. The van der Waals surface area contributed by atoms with E-state index >= 15 is 0 Å². The molecule has 1 aliphatic heterocycles. The average Bonchev–Trinajstić information content (AvgIpc) is 3.13. The predicted molar refractivity (Wildman–Crippen MR) is 89.0 cm³/mol. The van der Waals surface area contributed by atoms with Gasteiger partial charge in [0.15, 0.2) is 5.76 Å². The van der Waals surface area contributed by atoms with E-state index in [0.717, 1.165) is 22.5 Å². The Morgan fingerprint density at radius 1 is 1.17 bits per heavy atom. The highest BCUT2D eigenvalue weighted by molar-refractivity contribution is 6.30. The number of benzene rings is 2. The molecular formula is C17H12ClN3O2. The van der Waals surface area contributed by atoms with Crippen molar-refractivity contribution in [3.8, 4) is 11.3 Å². The summed E-state index contributed by atoms with van der Waals surface area (Å²) in [4.78, 5) is 15.6. The zero-order valence-corrected chi connectivity index (χ0v) is 12.7. The van der Waals surface area contributed by atoms with Crippen molar-refractivity contribution in [1.82, 2.24) is 4.98 Å². The molecule has 0 aliphatic carbocycles. The maximum absolute atomic E-state index is 11.4. The highest BCUT2D eigenvalue weighted by atomic mass is 35.5. The third-order valence-corrected chi connectivity index (χ3v) is 3.87. The Morgan fingerprint density at radius 2 is 2.00 bits per heavy atom. The minimum atomic E-state index is 0.0123. The van der Waals surface area contributed by atoms with Crippen molar-refractivity contribution in [2.45, 2.75) is 6.42 Å². The summed E-state index contributed by atoms with van der Waals surface area (Å²) in [5.74, 6) is 0.667. The monoisotopic (exact) mass is 325 g/mol. The molecule has 1 aromatic heterocycles. The maximum atomic E-state index is 11.4. The Morgan fingerprint density at radius 3 is 2.83 bits per heavy atom. The second kappa shape index (κ2) is 5.44. The van der Waals surface area contributed by atoms with E-state index in [0.29, 0.717) is 23.2 Å². The quantitative estimate of drug-likeness (QED) is 0.756. The van der Waals surface area contributed by atoms with E-state index < -0.39 is 0 Å². The third kappa shape index (κ3) is 2.78. The van der Waals surface area contributed by atoms with E-state index in [1.807, 2.05) is 30.3 Å². The molecule has 1 amide bonds. The first-order valence-electron chi connectivity index (χ1n) is 7.09. The first-order chi connectivity index (χ1) is 11.2. The summed E-state index contributed by atoms with van der Waals surface area (Å²) >= 11 is 5.88. The van der Waals surface area contributed by atoms with Gasteiger partial charge >= 0.3 is 0 Å². The fourth-order valence-corrected chi connectivity index (χ4v) is 2.64. The molecule has 0 atom stereocenters. The summed E-state index contributed by atoms with van der Waals surface area (Å²) in [5.41, 5.74) is 3.54. The van der Waals surface area contributed by atoms with Crippen LogP contribution in [0.5, 0.6) is 0 Å². The molecule has 0 fully saturated rings. The predicted octanol–water partition coefficient (Wildman–Crippen LogP) is 4.23. The molecule has 0 bridgehead atoms. The second-order valence-corrected chi connectivity index (χ2v) is 5.69. The Balaban J connectivity index is 1.55. The molecule has 0 spiro atoms. The number of aromatic nitrogens is 1. The molecule has 0 saturated carbocycles. The summed E-state index contributed by atoms with van der Waals surface area (Å²) in [6.07, 6.45) is 2.05. The van der Waals surface area contributed by atoms with Crippen molar-refractivity contribution >= 4 is 34.9 Å². The molecule has 0 radical (unpaired) electrons. The zero-order valence-electron chi connectivity index (χ0n) is 12.0. The topological polar surface area (TPSA) is 67.2 Å². The molecule has 3 aromatic rings. The van der Waals surface area contributed by atoms with Gasteiger partial charge in [0.1, 0.15) is 0 Å². The number of hydrogen-bond acceptors (Lipinski definition) is 4. The number of halogens is 1. The van der Waals surface area contributed by atoms with Gasteiger partial charge in [-0.2, -0.15) is 0 Å². The molecule has 114 valence electrons. The van der Waals surface area contributed by atoms with E-state index in [2.05, 4.69) is 15.6 Å². The lowest BCUT2D eigenvalue weighted by Gasteiger charge is -2.04. The van der Waals surface area contributed by atoms with E-state index in [9.17, 15) is 4.79 Å². The molecule has 2 N–H and O–H groups in total. The number of nitrogens with zero attached hydrogens (tertiary/aromatic N) is 1. The van der Waals surface area contributed by atoms with Gasteiger partial charge in [-0.05, 0) is 48.0 Å². The normalized spacial score (nSPS) is 12.8. The van der Waals surface area contributed by atoms with E-state index in [4.69, 9.17) is 16.0 Å². The smallest absolute Gasteiger partial charge is 0.299 e. The third-order valence-electron chi connectivity index (χ3n) is 3.62. The Hall–Kier alpha value is -2.79. The molecule has 1 aliphatic rings. The lowest BCUT2D eigenvalue weighted by atomic mass is 10.1. The standard InChI is InChI=1S/C17H12ClN3O2/c18-12-3-1-10(2-4-12)15-9-19-17(23-15)20-13-5-6-14-11(7-13)8-16(22)21-14/h1-7,9H,8H2,(H,19,20)(H,21,22). The summed E-state index contributed by atoms with van der Waals surface area (Å²) in [7, 11) is 0. The van der Waals surface area contributed by atoms with Gasteiger partial charge in [0.2, 0.25) is 5.91 Å². The van der Waals surface area contributed by atoms with Crippen LogP contribution in [0.15, 0.2) is 53.1 Å². The summed E-state index contributed by atoms with van der Waals surface area (Å²) < 4.78 is 5.71. The number of carbonyl (C=O) groups is 1. The SMILES string of the molecule is O=C1Cc2cc(Nc3ncc(-c4ccc(Cl)cc4)o3)ccc2N1. The van der Waals surface area contributed by atoms with Crippen molar-refractivity contribution in [2.24, 2.45) is 0 Å². The molecule has 6 heteroatoms. The Labute approximate surface area is 137 Å². The van der Waals surface area contributed by atoms with Crippen LogP contribution in [0.4, 0.5) is 17.4 Å². The Kier molecular flexibility index (Phi) is 3.28. The van der Waals surface area contributed by atoms with Crippen LogP contribution in [0.25, 0.3) is 11.3 Å². The van der Waals surface area contributed by atoms with E-state index in [1.54, 1.807) is 18.3 Å². The number of oxazole rings is 1. The number of nitrogens with one attached hydrogen (secondary N) is 2. The van der Waals surface area contributed by atoms with Gasteiger partial charge in [-0.25, -0.2) is 4.98 Å². The number of fused-ring (bicyclic) bond motifs is 1. The van der Waals surface area contributed by atoms with Crippen molar-refractivity contribution in [3.63, 3.8) is 0 Å². The van der Waals surface area contributed by atoms with E-state index in [1.165, 1.54) is 0 Å². The first kappa shape index (κ1) is 13.8. The van der Waals surface area contributed by atoms with Gasteiger partial charge in [0, 0.05) is 22.0 Å². The lowest BCUT2D eigenvalue weighted by molar-refractivity contribution is -0.115. The van der Waals surface area contributed by atoms with Crippen LogP contribution >= 0.6 is 11.6 Å². The van der Waals surface area contributed by atoms with E-state index in [-0.39, 0.29) is 5.91 Å². The van der Waals surface area contributed by atoms with Crippen molar-refractivity contribution < 1.29 is 9.21 Å². The molecule has 4 rings (SSSR count). The van der Waals surface area contributed by atoms with Gasteiger partial charge in [0.25, 0.3) is 6.01 Å². The Bertz CT molecular complexity index is 887. The molecular weight excluding hydrogens is 314 g/mol. The second-order valence-electron chi connectivity index (χ2n) is 5.26. The zero-order chi connectivity index (χ0) is 15.8. The summed E-state index contributed by atoms with van der Waals surface area (Å²) in [6.45, 7) is 0.